The third-order valence-electron chi connectivity index (χ3n) is 12.9. The average Bonchev–Trinajstić information content (AvgIpc) is 3.41. The predicted octanol–water partition coefficient (Wildman–Crippen LogP) is 21.2. The van der Waals surface area contributed by atoms with Gasteiger partial charge in [0.1, 0.15) is 13.2 Å². The Balaban J connectivity index is 4.39. The number of allylic oxidation sites excluding steroid dienone is 20. The molecule has 0 aromatic rings. The molecule has 6 heteroatoms. The van der Waals surface area contributed by atoms with E-state index in [0.717, 1.165) is 148 Å². The summed E-state index contributed by atoms with van der Waals surface area (Å²) in [6.45, 7) is 6.37. The van der Waals surface area contributed by atoms with Gasteiger partial charge in [-0.1, -0.05) is 251 Å². The van der Waals surface area contributed by atoms with Gasteiger partial charge < -0.3 is 14.2 Å². The average molecular weight is 1040 g/mol. The van der Waals surface area contributed by atoms with Crippen molar-refractivity contribution < 1.29 is 28.6 Å². The molecule has 1 unspecified atom stereocenters. The van der Waals surface area contributed by atoms with Crippen LogP contribution in [0.15, 0.2) is 122 Å². The zero-order valence-corrected chi connectivity index (χ0v) is 48.8. The second-order valence-electron chi connectivity index (χ2n) is 20.2. The number of hydrogen-bond donors (Lipinski definition) is 0. The van der Waals surface area contributed by atoms with Crippen LogP contribution in [0.4, 0.5) is 0 Å². The molecule has 0 rings (SSSR count). The van der Waals surface area contributed by atoms with Gasteiger partial charge in [-0.25, -0.2) is 0 Å². The smallest absolute Gasteiger partial charge is 0.306 e. The Kier molecular flexibility index (Phi) is 58.9. The molecule has 0 bridgehead atoms. The summed E-state index contributed by atoms with van der Waals surface area (Å²) in [5.41, 5.74) is 0. The van der Waals surface area contributed by atoms with E-state index in [1.54, 1.807) is 0 Å². The highest BCUT2D eigenvalue weighted by Gasteiger charge is 2.19. The summed E-state index contributed by atoms with van der Waals surface area (Å²) in [5.74, 6) is -0.920. The van der Waals surface area contributed by atoms with Crippen molar-refractivity contribution in [2.24, 2.45) is 0 Å². The molecule has 0 heterocycles. The Morgan fingerprint density at radius 1 is 0.280 bits per heavy atom. The Labute approximate surface area is 462 Å². The fraction of sp³-hybridized carbons (Fsp3) is 0.667. The highest BCUT2D eigenvalue weighted by molar-refractivity contribution is 5.71. The van der Waals surface area contributed by atoms with Gasteiger partial charge in [0.05, 0.1) is 0 Å². The summed E-state index contributed by atoms with van der Waals surface area (Å²) < 4.78 is 16.9. The molecule has 0 fully saturated rings. The van der Waals surface area contributed by atoms with E-state index in [2.05, 4.69) is 142 Å². The first kappa shape index (κ1) is 70.8. The van der Waals surface area contributed by atoms with Gasteiger partial charge in [-0.15, -0.1) is 0 Å². The summed E-state index contributed by atoms with van der Waals surface area (Å²) in [6, 6.07) is 0. The van der Waals surface area contributed by atoms with E-state index in [0.29, 0.717) is 19.3 Å². The second-order valence-corrected chi connectivity index (χ2v) is 20.2. The van der Waals surface area contributed by atoms with Gasteiger partial charge >= 0.3 is 17.9 Å². The van der Waals surface area contributed by atoms with E-state index in [4.69, 9.17) is 14.2 Å². The van der Waals surface area contributed by atoms with E-state index >= 15 is 0 Å². The molecule has 0 amide bonds. The molecule has 75 heavy (non-hydrogen) atoms. The highest BCUT2D eigenvalue weighted by atomic mass is 16.6. The zero-order chi connectivity index (χ0) is 54.3. The molecule has 0 N–H and O–H groups in total. The number of hydrogen-bond acceptors (Lipinski definition) is 6. The number of carbonyl (C=O) groups is 3. The Morgan fingerprint density at radius 3 is 0.813 bits per heavy atom. The first-order valence-corrected chi connectivity index (χ1v) is 31.0. The van der Waals surface area contributed by atoms with Crippen LogP contribution in [0.5, 0.6) is 0 Å². The van der Waals surface area contributed by atoms with Crippen LogP contribution in [0.1, 0.15) is 278 Å². The van der Waals surface area contributed by atoms with E-state index in [1.165, 1.54) is 89.9 Å². The van der Waals surface area contributed by atoms with Crippen LogP contribution in [0, 0.1) is 0 Å². The summed E-state index contributed by atoms with van der Waals surface area (Å²) >= 11 is 0. The summed E-state index contributed by atoms with van der Waals surface area (Å²) in [7, 11) is 0. The molecule has 0 aromatic heterocycles. The number of esters is 3. The zero-order valence-electron chi connectivity index (χ0n) is 48.8. The maximum atomic E-state index is 12.9. The van der Waals surface area contributed by atoms with E-state index in [-0.39, 0.29) is 31.1 Å². The molecule has 0 aliphatic carbocycles. The van der Waals surface area contributed by atoms with Crippen molar-refractivity contribution >= 4 is 17.9 Å². The Morgan fingerprint density at radius 2 is 0.520 bits per heavy atom. The van der Waals surface area contributed by atoms with Gasteiger partial charge in [-0.3, -0.25) is 14.4 Å². The lowest BCUT2D eigenvalue weighted by Gasteiger charge is -2.18. The van der Waals surface area contributed by atoms with Crippen molar-refractivity contribution in [3.8, 4) is 0 Å². The van der Waals surface area contributed by atoms with Crippen molar-refractivity contribution in [3.05, 3.63) is 122 Å². The van der Waals surface area contributed by atoms with E-state index in [1.807, 2.05) is 0 Å². The lowest BCUT2D eigenvalue weighted by Crippen LogP contribution is -2.30. The van der Waals surface area contributed by atoms with Crippen LogP contribution in [0.3, 0.4) is 0 Å². The monoisotopic (exact) mass is 1040 g/mol. The summed E-state index contributed by atoms with van der Waals surface area (Å²) in [6.07, 6.45) is 86.2. The Bertz CT molecular complexity index is 1570. The first-order chi connectivity index (χ1) is 37.0. The molecule has 1 atom stereocenters. The number of unbranched alkanes of at least 4 members (excludes halogenated alkanes) is 24. The van der Waals surface area contributed by atoms with Gasteiger partial charge in [0.25, 0.3) is 0 Å². The van der Waals surface area contributed by atoms with Crippen LogP contribution in [-0.4, -0.2) is 37.2 Å². The molecule has 6 nitrogen and oxygen atoms in total. The van der Waals surface area contributed by atoms with E-state index < -0.39 is 6.10 Å². The summed E-state index contributed by atoms with van der Waals surface area (Å²) in [4.78, 5) is 38.3. The van der Waals surface area contributed by atoms with Gasteiger partial charge in [0.15, 0.2) is 6.10 Å². The van der Waals surface area contributed by atoms with Gasteiger partial charge in [-0.05, 0) is 128 Å². The first-order valence-electron chi connectivity index (χ1n) is 31.0. The molecule has 0 aliphatic heterocycles. The molecular formula is C69H114O6. The third kappa shape index (κ3) is 60.6. The maximum absolute atomic E-state index is 12.9. The lowest BCUT2D eigenvalue weighted by atomic mass is 10.1. The molecule has 0 saturated heterocycles. The minimum atomic E-state index is -0.796. The highest BCUT2D eigenvalue weighted by Crippen LogP contribution is 2.15. The van der Waals surface area contributed by atoms with Crippen LogP contribution in [0.25, 0.3) is 0 Å². The molecule has 0 aromatic carbocycles. The fourth-order valence-electron chi connectivity index (χ4n) is 8.34. The van der Waals surface area contributed by atoms with Crippen molar-refractivity contribution in [1.29, 1.82) is 0 Å². The maximum Gasteiger partial charge on any atom is 0.306 e. The number of carbonyl (C=O) groups excluding carboxylic acids is 3. The molecule has 426 valence electrons. The molecule has 0 radical (unpaired) electrons. The van der Waals surface area contributed by atoms with Crippen LogP contribution in [0.2, 0.25) is 0 Å². The third-order valence-corrected chi connectivity index (χ3v) is 12.9. The fourth-order valence-corrected chi connectivity index (χ4v) is 8.34. The van der Waals surface area contributed by atoms with Crippen molar-refractivity contribution in [2.45, 2.75) is 284 Å². The number of rotatable bonds is 55. The Hall–Kier alpha value is -4.19. The topological polar surface area (TPSA) is 78.9 Å². The molecular weight excluding hydrogens is 925 g/mol. The van der Waals surface area contributed by atoms with Crippen molar-refractivity contribution in [2.75, 3.05) is 13.2 Å². The van der Waals surface area contributed by atoms with Crippen LogP contribution >= 0.6 is 0 Å². The van der Waals surface area contributed by atoms with Gasteiger partial charge in [0.2, 0.25) is 0 Å². The largest absolute Gasteiger partial charge is 0.462 e. The summed E-state index contributed by atoms with van der Waals surface area (Å²) in [5, 5.41) is 0. The number of ether oxygens (including phenoxy) is 3. The lowest BCUT2D eigenvalue weighted by molar-refractivity contribution is -0.167. The van der Waals surface area contributed by atoms with Crippen molar-refractivity contribution in [3.63, 3.8) is 0 Å². The minimum Gasteiger partial charge on any atom is -0.462 e. The van der Waals surface area contributed by atoms with Crippen LogP contribution < -0.4 is 0 Å². The second kappa shape index (κ2) is 62.4. The van der Waals surface area contributed by atoms with Gasteiger partial charge in [0, 0.05) is 19.3 Å². The molecule has 0 aliphatic rings. The van der Waals surface area contributed by atoms with E-state index in [9.17, 15) is 14.4 Å². The molecule has 0 saturated carbocycles. The standard InChI is InChI=1S/C69H114O6/c1-4-7-10-13-16-19-22-25-28-30-31-32-33-34-35-36-37-39-41-44-47-50-53-56-59-62-68(71)74-65-66(64-73-67(70)61-58-55-52-49-46-43-40-27-24-21-18-15-12-9-6-3)75-69(72)63-60-57-54-51-48-45-42-38-29-26-23-20-17-14-11-8-5-2/h7,9-10,12,16-21,25-29,31-32,34-35,40,66H,4-6,8,11,13-15,22-24,30,33,36-39,41-65H2,1-3H3/b10-7-,12-9-,19-16-,20-17-,21-18-,28-25-,29-26-,32-31-,35-34-,40-27-. The molecule has 0 spiro atoms. The minimum absolute atomic E-state index is 0.0924. The normalized spacial score (nSPS) is 12.9. The van der Waals surface area contributed by atoms with Crippen LogP contribution in [-0.2, 0) is 28.6 Å². The SMILES string of the molecule is CC/C=C\C/C=C\C/C=C\C/C=C\C/C=C\CCCCCCCCCCCC(=O)OCC(COC(=O)CCCCCCC/C=C\C/C=C\C/C=C\CC)OC(=O)CCCCCCCCC/C=C\C/C=C\CCCCC. The predicted molar refractivity (Wildman–Crippen MR) is 325 cm³/mol. The van der Waals surface area contributed by atoms with Crippen molar-refractivity contribution in [1.82, 2.24) is 0 Å². The quantitative estimate of drug-likeness (QED) is 0.0261. The van der Waals surface area contributed by atoms with Gasteiger partial charge in [-0.2, -0.15) is 0 Å².